The van der Waals surface area contributed by atoms with Gasteiger partial charge in [0.05, 0.1) is 0 Å². The first-order valence-corrected chi connectivity index (χ1v) is 5.67. The molecule has 0 saturated carbocycles. The van der Waals surface area contributed by atoms with E-state index in [9.17, 15) is 9.90 Å². The first-order valence-electron chi connectivity index (χ1n) is 5.67. The lowest BCUT2D eigenvalue weighted by Gasteiger charge is -2.35. The highest BCUT2D eigenvalue weighted by Gasteiger charge is 2.24. The molecule has 1 saturated heterocycles. The molecule has 0 radical (unpaired) electrons. The zero-order chi connectivity index (χ0) is 12.3. The Kier molecular flexibility index (Phi) is 3.53. The third-order valence-corrected chi connectivity index (χ3v) is 2.78. The van der Waals surface area contributed by atoms with E-state index in [0.717, 1.165) is 0 Å². The van der Waals surface area contributed by atoms with Gasteiger partial charge in [-0.3, -0.25) is 4.79 Å². The number of amides is 1. The van der Waals surface area contributed by atoms with Crippen LogP contribution in [0.25, 0.3) is 0 Å². The van der Waals surface area contributed by atoms with E-state index in [1.165, 1.54) is 6.92 Å². The van der Waals surface area contributed by atoms with Gasteiger partial charge in [0.15, 0.2) is 0 Å². The second kappa shape index (κ2) is 5.09. The number of aromatic nitrogens is 2. The molecule has 1 aliphatic rings. The number of rotatable bonds is 2. The summed E-state index contributed by atoms with van der Waals surface area (Å²) in [5.41, 5.74) is 0. The maximum Gasteiger partial charge on any atom is 0.251 e. The molecular weight excluding hydrogens is 220 g/mol. The number of hydrogen-bond acceptors (Lipinski definition) is 5. The predicted octanol–water partition coefficient (Wildman–Crippen LogP) is -0.494. The lowest BCUT2D eigenvalue weighted by Crippen LogP contribution is -2.51. The smallest absolute Gasteiger partial charge is 0.251 e. The van der Waals surface area contributed by atoms with E-state index >= 15 is 0 Å². The SMILES string of the molecule is CC(O)C(=O)N1CCN(c2ncccn2)CC1. The van der Waals surface area contributed by atoms with Gasteiger partial charge in [0.25, 0.3) is 5.91 Å². The Balaban J connectivity index is 1.93. The van der Waals surface area contributed by atoms with Gasteiger partial charge in [-0.1, -0.05) is 0 Å². The van der Waals surface area contributed by atoms with Gasteiger partial charge in [-0.15, -0.1) is 0 Å². The second-order valence-corrected chi connectivity index (χ2v) is 4.04. The van der Waals surface area contributed by atoms with Gasteiger partial charge in [-0.05, 0) is 13.0 Å². The topological polar surface area (TPSA) is 69.6 Å². The number of carbonyl (C=O) groups is 1. The van der Waals surface area contributed by atoms with Crippen molar-refractivity contribution in [2.75, 3.05) is 31.1 Å². The molecule has 1 amide bonds. The third-order valence-electron chi connectivity index (χ3n) is 2.78. The number of nitrogens with zero attached hydrogens (tertiary/aromatic N) is 4. The number of carbonyl (C=O) groups excluding carboxylic acids is 1. The van der Waals surface area contributed by atoms with Crippen molar-refractivity contribution in [2.24, 2.45) is 0 Å². The third kappa shape index (κ3) is 2.71. The van der Waals surface area contributed by atoms with Gasteiger partial charge >= 0.3 is 0 Å². The largest absolute Gasteiger partial charge is 0.384 e. The lowest BCUT2D eigenvalue weighted by molar-refractivity contribution is -0.139. The normalized spacial score (nSPS) is 18.0. The van der Waals surface area contributed by atoms with Crippen molar-refractivity contribution in [3.63, 3.8) is 0 Å². The van der Waals surface area contributed by atoms with Crippen molar-refractivity contribution in [3.05, 3.63) is 18.5 Å². The maximum atomic E-state index is 11.6. The van der Waals surface area contributed by atoms with Crippen LogP contribution in [0.3, 0.4) is 0 Å². The van der Waals surface area contributed by atoms with E-state index in [1.54, 1.807) is 23.4 Å². The van der Waals surface area contributed by atoms with Crippen LogP contribution in [0.2, 0.25) is 0 Å². The minimum Gasteiger partial charge on any atom is -0.384 e. The van der Waals surface area contributed by atoms with Crippen molar-refractivity contribution < 1.29 is 9.90 Å². The van der Waals surface area contributed by atoms with Crippen molar-refractivity contribution in [3.8, 4) is 0 Å². The first kappa shape index (κ1) is 11.8. The Hall–Kier alpha value is -1.69. The quantitative estimate of drug-likeness (QED) is 0.750. The van der Waals surface area contributed by atoms with Crippen molar-refractivity contribution in [1.29, 1.82) is 0 Å². The van der Waals surface area contributed by atoms with Crippen LogP contribution < -0.4 is 4.90 Å². The van der Waals surface area contributed by atoms with E-state index < -0.39 is 6.10 Å². The Morgan fingerprint density at radius 2 is 1.88 bits per heavy atom. The minimum atomic E-state index is -0.922. The number of aliphatic hydroxyl groups is 1. The molecule has 0 aliphatic carbocycles. The summed E-state index contributed by atoms with van der Waals surface area (Å²) in [4.78, 5) is 23.6. The molecule has 0 spiro atoms. The highest BCUT2D eigenvalue weighted by Crippen LogP contribution is 2.10. The number of hydrogen-bond donors (Lipinski definition) is 1. The van der Waals surface area contributed by atoms with Gasteiger partial charge in [-0.2, -0.15) is 0 Å². The highest BCUT2D eigenvalue weighted by molar-refractivity contribution is 5.80. The molecule has 2 rings (SSSR count). The summed E-state index contributed by atoms with van der Waals surface area (Å²) in [6.45, 7) is 4.09. The molecule has 1 aliphatic heterocycles. The Morgan fingerprint density at radius 3 is 2.41 bits per heavy atom. The summed E-state index contributed by atoms with van der Waals surface area (Å²) in [6.07, 6.45) is 2.49. The van der Waals surface area contributed by atoms with Crippen molar-refractivity contribution in [1.82, 2.24) is 14.9 Å². The standard InChI is InChI=1S/C11H16N4O2/c1-9(16)10(17)14-5-7-15(8-6-14)11-12-3-2-4-13-11/h2-4,9,16H,5-8H2,1H3. The van der Waals surface area contributed by atoms with E-state index in [2.05, 4.69) is 9.97 Å². The van der Waals surface area contributed by atoms with Crippen LogP contribution in [0.15, 0.2) is 18.5 Å². The average molecular weight is 236 g/mol. The molecule has 1 fully saturated rings. The maximum absolute atomic E-state index is 11.6. The summed E-state index contributed by atoms with van der Waals surface area (Å²) >= 11 is 0. The molecule has 2 heterocycles. The highest BCUT2D eigenvalue weighted by atomic mass is 16.3. The Morgan fingerprint density at radius 1 is 1.29 bits per heavy atom. The summed E-state index contributed by atoms with van der Waals surface area (Å²) in [6, 6.07) is 1.77. The van der Waals surface area contributed by atoms with Crippen LogP contribution >= 0.6 is 0 Å². The summed E-state index contributed by atoms with van der Waals surface area (Å²) < 4.78 is 0. The van der Waals surface area contributed by atoms with Crippen LogP contribution in [0.4, 0.5) is 5.95 Å². The molecule has 1 N–H and O–H groups in total. The molecule has 17 heavy (non-hydrogen) atoms. The lowest BCUT2D eigenvalue weighted by atomic mass is 10.2. The molecule has 92 valence electrons. The number of aliphatic hydroxyl groups excluding tert-OH is 1. The van der Waals surface area contributed by atoms with Crippen LogP contribution in [-0.2, 0) is 4.79 Å². The predicted molar refractivity (Wildman–Crippen MR) is 62.5 cm³/mol. The fourth-order valence-corrected chi connectivity index (χ4v) is 1.85. The fraction of sp³-hybridized carbons (Fsp3) is 0.545. The number of anilines is 1. The Bertz CT molecular complexity index is 374. The molecule has 6 heteroatoms. The molecule has 6 nitrogen and oxygen atoms in total. The fourth-order valence-electron chi connectivity index (χ4n) is 1.85. The minimum absolute atomic E-state index is 0.210. The zero-order valence-electron chi connectivity index (χ0n) is 9.78. The summed E-state index contributed by atoms with van der Waals surface area (Å²) in [5.74, 6) is 0.482. The molecule has 1 aromatic rings. The molecule has 1 atom stereocenters. The van der Waals surface area contributed by atoms with E-state index in [0.29, 0.717) is 32.1 Å². The van der Waals surface area contributed by atoms with Gasteiger partial charge in [-0.25, -0.2) is 9.97 Å². The van der Waals surface area contributed by atoms with Crippen molar-refractivity contribution >= 4 is 11.9 Å². The van der Waals surface area contributed by atoms with Crippen molar-refractivity contribution in [2.45, 2.75) is 13.0 Å². The summed E-state index contributed by atoms with van der Waals surface area (Å²) in [7, 11) is 0. The second-order valence-electron chi connectivity index (χ2n) is 4.04. The van der Waals surface area contributed by atoms with Gasteiger partial charge in [0, 0.05) is 38.6 Å². The molecule has 0 aromatic carbocycles. The molecule has 1 unspecified atom stereocenters. The van der Waals surface area contributed by atoms with Gasteiger partial charge in [0.2, 0.25) is 5.95 Å². The zero-order valence-corrected chi connectivity index (χ0v) is 9.78. The molecule has 0 bridgehead atoms. The number of piperazine rings is 1. The van der Waals surface area contributed by atoms with E-state index in [-0.39, 0.29) is 5.91 Å². The van der Waals surface area contributed by atoms with Crippen LogP contribution in [0.5, 0.6) is 0 Å². The van der Waals surface area contributed by atoms with Crippen LogP contribution in [-0.4, -0.2) is 58.2 Å². The monoisotopic (exact) mass is 236 g/mol. The van der Waals surface area contributed by atoms with Crippen LogP contribution in [0, 0.1) is 0 Å². The first-order chi connectivity index (χ1) is 8.18. The molecular formula is C11H16N4O2. The summed E-state index contributed by atoms with van der Waals surface area (Å²) in [5, 5.41) is 9.23. The van der Waals surface area contributed by atoms with E-state index in [1.807, 2.05) is 4.90 Å². The van der Waals surface area contributed by atoms with Crippen LogP contribution in [0.1, 0.15) is 6.92 Å². The van der Waals surface area contributed by atoms with Gasteiger partial charge < -0.3 is 14.9 Å². The Labute approximate surface area is 99.9 Å². The van der Waals surface area contributed by atoms with E-state index in [4.69, 9.17) is 0 Å². The molecule has 1 aromatic heterocycles. The van der Waals surface area contributed by atoms with Gasteiger partial charge in [0.1, 0.15) is 6.10 Å². The average Bonchev–Trinajstić information content (AvgIpc) is 2.39.